The van der Waals surface area contributed by atoms with Gasteiger partial charge in [0, 0.05) is 25.0 Å². The molecule has 0 bridgehead atoms. The molecule has 2 aromatic rings. The van der Waals surface area contributed by atoms with Crippen LogP contribution >= 0.6 is 22.9 Å². The van der Waals surface area contributed by atoms with Gasteiger partial charge in [-0.25, -0.2) is 4.79 Å². The van der Waals surface area contributed by atoms with Crippen LogP contribution in [0.3, 0.4) is 0 Å². The number of amides is 2. The van der Waals surface area contributed by atoms with E-state index in [2.05, 4.69) is 22.3 Å². The molecule has 1 N–H and O–H groups in total. The van der Waals surface area contributed by atoms with Gasteiger partial charge in [-0.15, -0.1) is 11.3 Å². The molecule has 0 aliphatic rings. The molecule has 23 heavy (non-hydrogen) atoms. The average Bonchev–Trinajstić information content (AvgIpc) is 2.89. The third-order valence-electron chi connectivity index (χ3n) is 3.30. The third-order valence-corrected chi connectivity index (χ3v) is 4.52. The number of thiophene rings is 1. The maximum atomic E-state index is 12.2. The van der Waals surface area contributed by atoms with E-state index < -0.39 is 0 Å². The number of rotatable bonds is 6. The number of carbonyl (C=O) groups excluding carboxylic acids is 1. The summed E-state index contributed by atoms with van der Waals surface area (Å²) in [6.45, 7) is 1.97. The number of benzene rings is 1. The highest BCUT2D eigenvalue weighted by Gasteiger charge is 2.10. The number of carbonyl (C=O) groups is 1. The smallest absolute Gasteiger partial charge is 0.317 e. The summed E-state index contributed by atoms with van der Waals surface area (Å²) >= 11 is 7.41. The molecule has 1 aromatic heterocycles. The minimum Gasteiger partial charge on any atom is -0.334 e. The summed E-state index contributed by atoms with van der Waals surface area (Å²) < 4.78 is 0.742. The zero-order chi connectivity index (χ0) is 16.8. The highest BCUT2D eigenvalue weighted by molar-refractivity contribution is 7.16. The Bertz CT molecular complexity index is 657. The number of hydrogen-bond donors (Lipinski definition) is 1. The molecule has 0 spiro atoms. The molecule has 4 nitrogen and oxygen atoms in total. The van der Waals surface area contributed by atoms with Gasteiger partial charge < -0.3 is 15.1 Å². The lowest BCUT2D eigenvalue weighted by atomic mass is 10.1. The van der Waals surface area contributed by atoms with Crippen molar-refractivity contribution in [1.82, 2.24) is 15.1 Å². The van der Waals surface area contributed by atoms with Gasteiger partial charge in [0.1, 0.15) is 0 Å². The van der Waals surface area contributed by atoms with Crippen LogP contribution in [0.2, 0.25) is 4.34 Å². The lowest BCUT2D eigenvalue weighted by Crippen LogP contribution is -2.36. The van der Waals surface area contributed by atoms with Gasteiger partial charge in [0.25, 0.3) is 0 Å². The summed E-state index contributed by atoms with van der Waals surface area (Å²) in [5.74, 6) is 0. The van der Waals surface area contributed by atoms with Crippen LogP contribution in [0.5, 0.6) is 0 Å². The number of nitrogens with zero attached hydrogens (tertiary/aromatic N) is 2. The topological polar surface area (TPSA) is 35.6 Å². The first kappa shape index (κ1) is 17.8. The largest absolute Gasteiger partial charge is 0.334 e. The predicted octanol–water partition coefficient (Wildman–Crippen LogP) is 3.80. The fourth-order valence-electron chi connectivity index (χ4n) is 2.26. The number of halogens is 1. The maximum Gasteiger partial charge on any atom is 0.317 e. The van der Waals surface area contributed by atoms with E-state index in [-0.39, 0.29) is 6.03 Å². The normalized spacial score (nSPS) is 10.8. The van der Waals surface area contributed by atoms with Crippen molar-refractivity contribution >= 4 is 29.0 Å². The second-order valence-corrected chi connectivity index (χ2v) is 7.58. The fraction of sp³-hybridized carbons (Fsp3) is 0.353. The zero-order valence-corrected chi connectivity index (χ0v) is 15.2. The van der Waals surface area contributed by atoms with Crippen molar-refractivity contribution in [2.45, 2.75) is 19.6 Å². The summed E-state index contributed by atoms with van der Waals surface area (Å²) in [6.07, 6.45) is 0. The van der Waals surface area contributed by atoms with E-state index in [0.717, 1.165) is 21.3 Å². The number of urea groups is 1. The van der Waals surface area contributed by atoms with E-state index in [1.807, 2.05) is 38.4 Å². The highest BCUT2D eigenvalue weighted by atomic mass is 35.5. The maximum absolute atomic E-state index is 12.2. The molecule has 0 aliphatic carbocycles. The van der Waals surface area contributed by atoms with Gasteiger partial charge in [0.05, 0.1) is 10.9 Å². The standard InChI is InChI=1S/C17H22ClN3OS/c1-20(2)11-14-6-4-5-13(9-14)10-19-17(22)21(3)12-15-7-8-16(18)23-15/h4-9H,10-12H2,1-3H3,(H,19,22). The van der Waals surface area contributed by atoms with Crippen molar-refractivity contribution in [1.29, 1.82) is 0 Å². The van der Waals surface area contributed by atoms with Gasteiger partial charge in [-0.1, -0.05) is 35.9 Å². The Labute approximate surface area is 146 Å². The van der Waals surface area contributed by atoms with Gasteiger partial charge in [0.15, 0.2) is 0 Å². The molecule has 2 amide bonds. The first-order chi connectivity index (χ1) is 10.9. The second-order valence-electron chi connectivity index (χ2n) is 5.78. The molecule has 0 unspecified atom stereocenters. The van der Waals surface area contributed by atoms with Crippen molar-refractivity contribution in [3.8, 4) is 0 Å². The lowest BCUT2D eigenvalue weighted by Gasteiger charge is -2.17. The Kier molecular flexibility index (Phi) is 6.45. The minimum absolute atomic E-state index is 0.0902. The highest BCUT2D eigenvalue weighted by Crippen LogP contribution is 2.22. The molecule has 0 aliphatic heterocycles. The van der Waals surface area contributed by atoms with E-state index in [1.165, 1.54) is 16.9 Å². The second kappa shape index (κ2) is 8.34. The molecular formula is C17H22ClN3OS. The van der Waals surface area contributed by atoms with Crippen LogP contribution < -0.4 is 5.32 Å². The van der Waals surface area contributed by atoms with Crippen LogP contribution in [-0.2, 0) is 19.6 Å². The van der Waals surface area contributed by atoms with Gasteiger partial charge in [0.2, 0.25) is 0 Å². The van der Waals surface area contributed by atoms with E-state index in [1.54, 1.807) is 11.9 Å². The van der Waals surface area contributed by atoms with E-state index in [9.17, 15) is 4.79 Å². The van der Waals surface area contributed by atoms with E-state index in [4.69, 9.17) is 11.6 Å². The Balaban J connectivity index is 1.86. The Morgan fingerprint density at radius 1 is 1.13 bits per heavy atom. The van der Waals surface area contributed by atoms with Crippen molar-refractivity contribution < 1.29 is 4.79 Å². The van der Waals surface area contributed by atoms with Crippen LogP contribution in [-0.4, -0.2) is 37.0 Å². The van der Waals surface area contributed by atoms with Gasteiger partial charge >= 0.3 is 6.03 Å². The molecule has 0 radical (unpaired) electrons. The first-order valence-electron chi connectivity index (χ1n) is 7.40. The van der Waals surface area contributed by atoms with Gasteiger partial charge in [-0.05, 0) is 37.4 Å². The molecule has 0 saturated heterocycles. The van der Waals surface area contributed by atoms with Crippen LogP contribution in [0.4, 0.5) is 4.79 Å². The van der Waals surface area contributed by atoms with E-state index in [0.29, 0.717) is 13.1 Å². The molecule has 1 aromatic carbocycles. The summed E-state index contributed by atoms with van der Waals surface area (Å²) in [6, 6.07) is 12.0. The summed E-state index contributed by atoms with van der Waals surface area (Å²) in [4.78, 5) is 17.0. The quantitative estimate of drug-likeness (QED) is 0.859. The molecule has 0 fully saturated rings. The van der Waals surface area contributed by atoms with Crippen LogP contribution in [0.25, 0.3) is 0 Å². The number of nitrogens with one attached hydrogen (secondary N) is 1. The Hall–Kier alpha value is -1.56. The molecule has 0 saturated carbocycles. The first-order valence-corrected chi connectivity index (χ1v) is 8.59. The molecular weight excluding hydrogens is 330 g/mol. The average molecular weight is 352 g/mol. The third kappa shape index (κ3) is 5.86. The van der Waals surface area contributed by atoms with Crippen molar-refractivity contribution in [2.75, 3.05) is 21.1 Å². The van der Waals surface area contributed by atoms with Crippen LogP contribution in [0.15, 0.2) is 36.4 Å². The van der Waals surface area contributed by atoms with Gasteiger partial charge in [-0.3, -0.25) is 0 Å². The molecule has 1 heterocycles. The monoisotopic (exact) mass is 351 g/mol. The minimum atomic E-state index is -0.0902. The zero-order valence-electron chi connectivity index (χ0n) is 13.7. The molecule has 2 rings (SSSR count). The number of hydrogen-bond acceptors (Lipinski definition) is 3. The molecule has 0 atom stereocenters. The van der Waals surface area contributed by atoms with E-state index >= 15 is 0 Å². The van der Waals surface area contributed by atoms with Crippen molar-refractivity contribution in [3.63, 3.8) is 0 Å². The predicted molar refractivity (Wildman–Crippen MR) is 96.9 cm³/mol. The van der Waals surface area contributed by atoms with Crippen LogP contribution in [0.1, 0.15) is 16.0 Å². The van der Waals surface area contributed by atoms with Crippen LogP contribution in [0, 0.1) is 0 Å². The molecule has 6 heteroatoms. The Morgan fingerprint density at radius 3 is 2.52 bits per heavy atom. The lowest BCUT2D eigenvalue weighted by molar-refractivity contribution is 0.207. The van der Waals surface area contributed by atoms with Gasteiger partial charge in [-0.2, -0.15) is 0 Å². The summed E-state index contributed by atoms with van der Waals surface area (Å²) in [5.41, 5.74) is 2.34. The SMILES string of the molecule is CN(C)Cc1cccc(CNC(=O)N(C)Cc2ccc(Cl)s2)c1. The molecule has 124 valence electrons. The van der Waals surface area contributed by atoms with Crippen molar-refractivity contribution in [3.05, 3.63) is 56.7 Å². The summed E-state index contributed by atoms with van der Waals surface area (Å²) in [7, 11) is 5.87. The Morgan fingerprint density at radius 2 is 1.87 bits per heavy atom. The fourth-order valence-corrected chi connectivity index (χ4v) is 3.40. The van der Waals surface area contributed by atoms with Crippen molar-refractivity contribution in [2.24, 2.45) is 0 Å². The summed E-state index contributed by atoms with van der Waals surface area (Å²) in [5, 5.41) is 2.95.